The van der Waals surface area contributed by atoms with E-state index in [2.05, 4.69) is 19.0 Å². The Morgan fingerprint density at radius 3 is 2.33 bits per heavy atom. The van der Waals surface area contributed by atoms with Crippen molar-refractivity contribution in [1.29, 1.82) is 0 Å². The lowest BCUT2D eigenvalue weighted by atomic mass is 9.93. The van der Waals surface area contributed by atoms with Crippen LogP contribution in [0.5, 0.6) is 0 Å². The molecule has 0 radical (unpaired) electrons. The second-order valence-electron chi connectivity index (χ2n) is 4.50. The van der Waals surface area contributed by atoms with Gasteiger partial charge in [-0.25, -0.2) is 4.79 Å². The molecule has 0 saturated carbocycles. The molecule has 1 N–H and O–H groups in total. The van der Waals surface area contributed by atoms with Gasteiger partial charge in [0, 0.05) is 11.6 Å². The Morgan fingerprint density at radius 1 is 1.11 bits per heavy atom. The molecule has 0 spiro atoms. The second kappa shape index (κ2) is 4.29. The molecule has 18 heavy (non-hydrogen) atoms. The molecule has 0 amide bonds. The van der Waals surface area contributed by atoms with Gasteiger partial charge in [0.2, 0.25) is 0 Å². The minimum atomic E-state index is -1.08. The molecule has 1 heterocycles. The number of aromatic nitrogens is 1. The predicted octanol–water partition coefficient (Wildman–Crippen LogP) is 3.27. The Kier molecular flexibility index (Phi) is 2.95. The smallest absolute Gasteiger partial charge is 0.358 e. The largest absolute Gasteiger partial charge is 0.476 e. The third-order valence-electron chi connectivity index (χ3n) is 3.48. The van der Waals surface area contributed by atoms with Gasteiger partial charge in [0.1, 0.15) is 0 Å². The van der Waals surface area contributed by atoms with Gasteiger partial charge < -0.3 is 9.63 Å². The lowest BCUT2D eigenvalue weighted by Gasteiger charge is -2.12. The molecule has 4 heteroatoms. The van der Waals surface area contributed by atoms with Crippen LogP contribution in [-0.4, -0.2) is 16.2 Å². The maximum absolute atomic E-state index is 10.8. The molecule has 0 aliphatic rings. The lowest BCUT2D eigenvalue weighted by Crippen LogP contribution is -1.95. The highest BCUT2D eigenvalue weighted by Gasteiger charge is 2.16. The van der Waals surface area contributed by atoms with Crippen molar-refractivity contribution in [3.63, 3.8) is 0 Å². The van der Waals surface area contributed by atoms with Crippen molar-refractivity contribution in [2.45, 2.75) is 27.7 Å². The standard InChI is InChI=1S/C14H15NO3/c1-7-5-11(10(4)9(3)8(7)2)13-6-12(14(16)17)15-18-13/h5-6H,1-4H3,(H,16,17). The maximum atomic E-state index is 10.8. The summed E-state index contributed by atoms with van der Waals surface area (Å²) >= 11 is 0. The molecule has 0 atom stereocenters. The van der Waals surface area contributed by atoms with E-state index < -0.39 is 5.97 Å². The Morgan fingerprint density at radius 2 is 1.78 bits per heavy atom. The Labute approximate surface area is 105 Å². The molecule has 4 nitrogen and oxygen atoms in total. The van der Waals surface area contributed by atoms with Crippen LogP contribution in [0.3, 0.4) is 0 Å². The van der Waals surface area contributed by atoms with Crippen LogP contribution in [0.1, 0.15) is 32.7 Å². The lowest BCUT2D eigenvalue weighted by molar-refractivity contribution is 0.0686. The molecular weight excluding hydrogens is 230 g/mol. The van der Waals surface area contributed by atoms with Crippen LogP contribution in [0.4, 0.5) is 0 Å². The number of aryl methyl sites for hydroxylation is 1. The van der Waals surface area contributed by atoms with E-state index in [0.717, 1.165) is 16.7 Å². The van der Waals surface area contributed by atoms with E-state index in [1.54, 1.807) is 0 Å². The Balaban J connectivity index is 2.60. The highest BCUT2D eigenvalue weighted by molar-refractivity contribution is 5.86. The van der Waals surface area contributed by atoms with E-state index in [1.807, 2.05) is 19.9 Å². The molecule has 0 unspecified atom stereocenters. The fourth-order valence-electron chi connectivity index (χ4n) is 1.97. The van der Waals surface area contributed by atoms with Crippen LogP contribution in [0.25, 0.3) is 11.3 Å². The number of benzene rings is 1. The fourth-order valence-corrected chi connectivity index (χ4v) is 1.97. The predicted molar refractivity (Wildman–Crippen MR) is 67.8 cm³/mol. The first kappa shape index (κ1) is 12.4. The summed E-state index contributed by atoms with van der Waals surface area (Å²) < 4.78 is 5.11. The first-order valence-corrected chi connectivity index (χ1v) is 5.69. The van der Waals surface area contributed by atoms with Gasteiger partial charge in [-0.05, 0) is 56.0 Å². The summed E-state index contributed by atoms with van der Waals surface area (Å²) in [5, 5.41) is 12.4. The molecule has 0 bridgehead atoms. The normalized spacial score (nSPS) is 10.7. The average Bonchev–Trinajstić information content (AvgIpc) is 2.80. The Bertz CT molecular complexity index is 626. The van der Waals surface area contributed by atoms with Gasteiger partial charge in [0.15, 0.2) is 11.5 Å². The first-order chi connectivity index (χ1) is 8.41. The molecule has 1 aromatic carbocycles. The SMILES string of the molecule is Cc1cc(-c2cc(C(=O)O)no2)c(C)c(C)c1C. The minimum absolute atomic E-state index is 0.0692. The number of rotatable bonds is 2. The zero-order chi connectivity index (χ0) is 13.4. The summed E-state index contributed by atoms with van der Waals surface area (Å²) in [6.45, 7) is 8.15. The maximum Gasteiger partial charge on any atom is 0.358 e. The first-order valence-electron chi connectivity index (χ1n) is 5.69. The van der Waals surface area contributed by atoms with Crippen LogP contribution in [0, 0.1) is 27.7 Å². The van der Waals surface area contributed by atoms with Crippen LogP contribution >= 0.6 is 0 Å². The van der Waals surface area contributed by atoms with Gasteiger partial charge in [0.25, 0.3) is 0 Å². The highest BCUT2D eigenvalue weighted by atomic mass is 16.5. The van der Waals surface area contributed by atoms with E-state index in [-0.39, 0.29) is 5.69 Å². The molecule has 0 aliphatic heterocycles. The fraction of sp³-hybridized carbons (Fsp3) is 0.286. The van der Waals surface area contributed by atoms with Crippen LogP contribution in [0.2, 0.25) is 0 Å². The highest BCUT2D eigenvalue weighted by Crippen LogP contribution is 2.30. The summed E-state index contributed by atoms with van der Waals surface area (Å²) in [6.07, 6.45) is 0. The van der Waals surface area contributed by atoms with Gasteiger partial charge in [-0.1, -0.05) is 5.16 Å². The van der Waals surface area contributed by atoms with Gasteiger partial charge in [-0.15, -0.1) is 0 Å². The molecule has 0 saturated heterocycles. The van der Waals surface area contributed by atoms with Crippen LogP contribution in [0.15, 0.2) is 16.7 Å². The van der Waals surface area contributed by atoms with Crippen molar-refractivity contribution in [1.82, 2.24) is 5.16 Å². The van der Waals surface area contributed by atoms with E-state index in [9.17, 15) is 4.79 Å². The summed E-state index contributed by atoms with van der Waals surface area (Å²) in [4.78, 5) is 10.8. The molecular formula is C14H15NO3. The number of hydrogen-bond acceptors (Lipinski definition) is 3. The average molecular weight is 245 g/mol. The summed E-state index contributed by atoms with van der Waals surface area (Å²) in [6, 6.07) is 3.46. The van der Waals surface area contributed by atoms with Crippen molar-refractivity contribution in [3.8, 4) is 11.3 Å². The third kappa shape index (κ3) is 1.90. The molecule has 94 valence electrons. The van der Waals surface area contributed by atoms with Crippen LogP contribution < -0.4 is 0 Å². The molecule has 1 aromatic heterocycles. The topological polar surface area (TPSA) is 63.3 Å². The van der Waals surface area contributed by atoms with Crippen LogP contribution in [-0.2, 0) is 0 Å². The molecule has 2 aromatic rings. The number of carboxylic acid groups (broad SMARTS) is 1. The van der Waals surface area contributed by atoms with Crippen molar-refractivity contribution >= 4 is 5.97 Å². The van der Waals surface area contributed by atoms with E-state index in [1.165, 1.54) is 17.2 Å². The second-order valence-corrected chi connectivity index (χ2v) is 4.50. The van der Waals surface area contributed by atoms with Crippen molar-refractivity contribution in [2.24, 2.45) is 0 Å². The van der Waals surface area contributed by atoms with Gasteiger partial charge in [-0.3, -0.25) is 0 Å². The molecule has 2 rings (SSSR count). The molecule has 0 aliphatic carbocycles. The number of carboxylic acids is 1. The van der Waals surface area contributed by atoms with Gasteiger partial charge in [-0.2, -0.15) is 0 Å². The monoisotopic (exact) mass is 245 g/mol. The summed E-state index contributed by atoms with van der Waals surface area (Å²) in [5.41, 5.74) is 5.51. The number of nitrogens with zero attached hydrogens (tertiary/aromatic N) is 1. The zero-order valence-electron chi connectivity index (χ0n) is 10.9. The number of hydrogen-bond donors (Lipinski definition) is 1. The number of carbonyl (C=O) groups is 1. The van der Waals surface area contributed by atoms with E-state index in [0.29, 0.717) is 5.76 Å². The quantitative estimate of drug-likeness (QED) is 0.881. The number of aromatic carboxylic acids is 1. The third-order valence-corrected chi connectivity index (χ3v) is 3.48. The van der Waals surface area contributed by atoms with Crippen molar-refractivity contribution < 1.29 is 14.4 Å². The Hall–Kier alpha value is -2.10. The van der Waals surface area contributed by atoms with Gasteiger partial charge >= 0.3 is 5.97 Å². The summed E-state index contributed by atoms with van der Waals surface area (Å²) in [7, 11) is 0. The minimum Gasteiger partial charge on any atom is -0.476 e. The zero-order valence-corrected chi connectivity index (χ0v) is 10.9. The van der Waals surface area contributed by atoms with E-state index >= 15 is 0 Å². The van der Waals surface area contributed by atoms with Gasteiger partial charge in [0.05, 0.1) is 0 Å². The van der Waals surface area contributed by atoms with E-state index in [4.69, 9.17) is 9.63 Å². The van der Waals surface area contributed by atoms with Crippen molar-refractivity contribution in [2.75, 3.05) is 0 Å². The summed E-state index contributed by atoms with van der Waals surface area (Å²) in [5.74, 6) is -0.584. The molecule has 0 fully saturated rings. The van der Waals surface area contributed by atoms with Crippen molar-refractivity contribution in [3.05, 3.63) is 40.1 Å².